The number of rotatable bonds is 10. The van der Waals surface area contributed by atoms with Crippen molar-refractivity contribution in [2.75, 3.05) is 41.8 Å². The van der Waals surface area contributed by atoms with Crippen molar-refractivity contribution in [3.63, 3.8) is 0 Å². The van der Waals surface area contributed by atoms with Crippen LogP contribution in [0.3, 0.4) is 0 Å². The van der Waals surface area contributed by atoms with E-state index in [1.165, 1.54) is 28.4 Å². The highest BCUT2D eigenvalue weighted by Gasteiger charge is 2.60. The summed E-state index contributed by atoms with van der Waals surface area (Å²) in [4.78, 5) is 13.7. The van der Waals surface area contributed by atoms with Crippen molar-refractivity contribution >= 4 is 5.97 Å². The van der Waals surface area contributed by atoms with E-state index in [2.05, 4.69) is 0 Å². The zero-order chi connectivity index (χ0) is 31.0. The number of hydrogen-bond donors (Lipinski definition) is 4. The molecule has 0 aromatic heterocycles. The Balaban J connectivity index is 2.64. The smallest absolute Gasteiger partial charge is 0.338 e. The van der Waals surface area contributed by atoms with E-state index >= 15 is 0 Å². The van der Waals surface area contributed by atoms with Gasteiger partial charge in [-0.3, -0.25) is 0 Å². The highest BCUT2D eigenvalue weighted by Crippen LogP contribution is 2.46. The number of ether oxygens (including phenoxy) is 7. The maximum Gasteiger partial charge on any atom is 0.338 e. The van der Waals surface area contributed by atoms with E-state index in [4.69, 9.17) is 33.2 Å². The van der Waals surface area contributed by atoms with E-state index in [1.807, 2.05) is 19.9 Å². The van der Waals surface area contributed by atoms with Gasteiger partial charge in [-0.2, -0.15) is 0 Å². The molecular formula is C29H52O12. The normalized spacial score (nSPS) is 38.1. The number of fused-ring (bicyclic) bond motifs is 2. The third kappa shape index (κ3) is 8.47. The van der Waals surface area contributed by atoms with Gasteiger partial charge in [0.15, 0.2) is 6.10 Å². The first-order valence-electron chi connectivity index (χ1n) is 14.3. The average molecular weight is 593 g/mol. The number of cyclic esters (lactones) is 1. The Morgan fingerprint density at radius 2 is 1.68 bits per heavy atom. The van der Waals surface area contributed by atoms with Crippen LogP contribution in [0.5, 0.6) is 0 Å². The van der Waals surface area contributed by atoms with Crippen molar-refractivity contribution in [1.82, 2.24) is 0 Å². The summed E-state index contributed by atoms with van der Waals surface area (Å²) in [6.07, 6.45) is -4.76. The summed E-state index contributed by atoms with van der Waals surface area (Å²) in [5.41, 5.74) is -0.683. The predicted octanol–water partition coefficient (Wildman–Crippen LogP) is 1.31. The van der Waals surface area contributed by atoms with Crippen molar-refractivity contribution in [3.8, 4) is 0 Å². The molecule has 12 heteroatoms. The fourth-order valence-electron chi connectivity index (χ4n) is 5.61. The standard InChI is InChI=1S/C29H52O12/c1-9-18(15-30)10-17(2)21-11-19(36-6)14-24(31)28(3,4)29(34)26(32)23(38-8)13-20(41-29)12-22(37-7)25(27(33)40-21)39-16-35-5/h10,18-26,30-32,34H,9,11-16H2,1-8H3/t18-,19-,20?,21?,22-,23-,24?,25+,26?,29?/m1/s1. The van der Waals surface area contributed by atoms with Gasteiger partial charge < -0.3 is 53.6 Å². The summed E-state index contributed by atoms with van der Waals surface area (Å²) in [5, 5.41) is 44.3. The molecule has 0 amide bonds. The monoisotopic (exact) mass is 592 g/mol. The number of aliphatic hydroxyl groups excluding tert-OH is 3. The van der Waals surface area contributed by atoms with Crippen LogP contribution in [0.25, 0.3) is 0 Å². The topological polar surface area (TPSA) is 163 Å². The van der Waals surface area contributed by atoms with Gasteiger partial charge in [0.25, 0.3) is 0 Å². The molecule has 0 aromatic carbocycles. The van der Waals surface area contributed by atoms with Gasteiger partial charge in [-0.1, -0.05) is 26.8 Å². The number of aliphatic hydroxyl groups is 4. The van der Waals surface area contributed by atoms with Crippen molar-refractivity contribution < 1.29 is 58.4 Å². The molecule has 2 aliphatic rings. The Labute approximate surface area is 243 Å². The Bertz CT molecular complexity index is 831. The molecule has 0 aliphatic carbocycles. The molecule has 0 saturated carbocycles. The van der Waals surface area contributed by atoms with Gasteiger partial charge in [0.2, 0.25) is 5.79 Å². The van der Waals surface area contributed by atoms with Crippen LogP contribution in [-0.2, 0) is 38.0 Å². The lowest BCUT2D eigenvalue weighted by Gasteiger charge is -2.54. The van der Waals surface area contributed by atoms with Gasteiger partial charge >= 0.3 is 5.97 Å². The second kappa shape index (κ2) is 16.0. The van der Waals surface area contributed by atoms with Crippen molar-refractivity contribution in [3.05, 3.63) is 11.6 Å². The lowest BCUT2D eigenvalue weighted by atomic mass is 9.70. The highest BCUT2D eigenvalue weighted by atomic mass is 16.7. The summed E-state index contributed by atoms with van der Waals surface area (Å²) in [7, 11) is 5.76. The first-order valence-corrected chi connectivity index (χ1v) is 14.3. The number of esters is 1. The summed E-state index contributed by atoms with van der Waals surface area (Å²) in [6, 6.07) is 0. The Kier molecular flexibility index (Phi) is 14.1. The molecule has 41 heavy (non-hydrogen) atoms. The van der Waals surface area contributed by atoms with Crippen LogP contribution in [0.1, 0.15) is 59.8 Å². The van der Waals surface area contributed by atoms with E-state index in [-0.39, 0.29) is 45.0 Å². The number of carbonyl (C=O) groups is 1. The molecule has 4 N–H and O–H groups in total. The van der Waals surface area contributed by atoms with Crippen molar-refractivity contribution in [2.45, 2.75) is 114 Å². The minimum absolute atomic E-state index is 0.0348. The first kappa shape index (κ1) is 36.0. The SMILES string of the molecule is CC[C@H](C=C(C)C1C[C@@H](OC)CC(O)C(C)(C)C2(O)OC(C[C@@H](OC)C2O)C[C@@H](OC)[C@H](OCOC)C(=O)O1)CO. The molecule has 2 heterocycles. The quantitative estimate of drug-likeness (QED) is 0.164. The van der Waals surface area contributed by atoms with Crippen LogP contribution < -0.4 is 0 Å². The first-order chi connectivity index (χ1) is 19.3. The van der Waals surface area contributed by atoms with Crippen LogP contribution >= 0.6 is 0 Å². The largest absolute Gasteiger partial charge is 0.456 e. The lowest BCUT2D eigenvalue weighted by molar-refractivity contribution is -0.379. The number of methoxy groups -OCH3 is 4. The van der Waals surface area contributed by atoms with E-state index in [0.717, 1.165) is 0 Å². The van der Waals surface area contributed by atoms with Crippen LogP contribution in [0.2, 0.25) is 0 Å². The van der Waals surface area contributed by atoms with Gasteiger partial charge in [0.1, 0.15) is 19.0 Å². The van der Waals surface area contributed by atoms with Crippen molar-refractivity contribution in [1.29, 1.82) is 0 Å². The summed E-state index contributed by atoms with van der Waals surface area (Å²) >= 11 is 0. The zero-order valence-corrected chi connectivity index (χ0v) is 25.8. The third-order valence-electron chi connectivity index (χ3n) is 8.71. The summed E-state index contributed by atoms with van der Waals surface area (Å²) in [6.45, 7) is 6.71. The van der Waals surface area contributed by atoms with Crippen LogP contribution in [0.15, 0.2) is 11.6 Å². The Morgan fingerprint density at radius 1 is 1.05 bits per heavy atom. The van der Waals surface area contributed by atoms with E-state index < -0.39 is 66.0 Å². The van der Waals surface area contributed by atoms with E-state index in [1.54, 1.807) is 13.8 Å². The molecule has 2 fully saturated rings. The molecule has 0 radical (unpaired) electrons. The van der Waals surface area contributed by atoms with Gasteiger partial charge in [-0.25, -0.2) is 4.79 Å². The van der Waals surface area contributed by atoms with E-state index in [0.29, 0.717) is 12.0 Å². The summed E-state index contributed by atoms with van der Waals surface area (Å²) in [5.74, 6) is -3.06. The number of hydrogen-bond acceptors (Lipinski definition) is 12. The Morgan fingerprint density at radius 3 is 2.22 bits per heavy atom. The van der Waals surface area contributed by atoms with Crippen LogP contribution in [0, 0.1) is 11.3 Å². The molecule has 5 unspecified atom stereocenters. The van der Waals surface area contributed by atoms with E-state index in [9.17, 15) is 25.2 Å². The van der Waals surface area contributed by atoms with Crippen LogP contribution in [-0.4, -0.2) is 123 Å². The van der Waals surface area contributed by atoms with Gasteiger partial charge in [-0.15, -0.1) is 0 Å². The minimum atomic E-state index is -2.22. The predicted molar refractivity (Wildman–Crippen MR) is 148 cm³/mol. The second-order valence-corrected chi connectivity index (χ2v) is 11.6. The molecule has 2 aliphatic heterocycles. The molecule has 12 nitrogen and oxygen atoms in total. The van der Waals surface area contributed by atoms with Gasteiger partial charge in [0, 0.05) is 72.1 Å². The molecule has 10 atom stereocenters. The minimum Gasteiger partial charge on any atom is -0.456 e. The van der Waals surface area contributed by atoms with Gasteiger partial charge in [0.05, 0.1) is 30.5 Å². The lowest BCUT2D eigenvalue weighted by Crippen LogP contribution is -2.68. The molecule has 2 saturated heterocycles. The maximum absolute atomic E-state index is 13.7. The average Bonchev–Trinajstić information content (AvgIpc) is 2.95. The summed E-state index contributed by atoms with van der Waals surface area (Å²) < 4.78 is 39.9. The Hall–Kier alpha value is -1.19. The van der Waals surface area contributed by atoms with Crippen LogP contribution in [0.4, 0.5) is 0 Å². The fraction of sp³-hybridized carbons (Fsp3) is 0.897. The third-order valence-corrected chi connectivity index (χ3v) is 8.71. The highest BCUT2D eigenvalue weighted by molar-refractivity contribution is 5.76. The maximum atomic E-state index is 13.7. The van der Waals surface area contributed by atoms with Gasteiger partial charge in [-0.05, 0) is 18.9 Å². The molecular weight excluding hydrogens is 540 g/mol. The van der Waals surface area contributed by atoms with Crippen molar-refractivity contribution in [2.24, 2.45) is 11.3 Å². The molecule has 2 rings (SSSR count). The molecule has 2 bridgehead atoms. The molecule has 240 valence electrons. The number of carbonyl (C=O) groups excluding carboxylic acids is 1. The molecule has 0 aromatic rings. The fourth-order valence-corrected chi connectivity index (χ4v) is 5.61. The second-order valence-electron chi connectivity index (χ2n) is 11.6. The molecule has 0 spiro atoms. The zero-order valence-electron chi connectivity index (χ0n) is 25.8.